The maximum atomic E-state index is 11.0. The van der Waals surface area contributed by atoms with Crippen molar-refractivity contribution in [2.75, 3.05) is 6.61 Å². The third-order valence-electron chi connectivity index (χ3n) is 4.20. The van der Waals surface area contributed by atoms with Gasteiger partial charge in [-0.1, -0.05) is 50.9 Å². The van der Waals surface area contributed by atoms with Crippen molar-refractivity contribution in [2.24, 2.45) is 0 Å². The van der Waals surface area contributed by atoms with Gasteiger partial charge >= 0.3 is 154 Å². The summed E-state index contributed by atoms with van der Waals surface area (Å²) in [5.74, 6) is 0.785. The van der Waals surface area contributed by atoms with Gasteiger partial charge in [-0.2, -0.15) is 0 Å². The minimum Gasteiger partial charge on any atom is -0.810 e. The maximum Gasteiger partial charge on any atom is 1.00 e. The van der Waals surface area contributed by atoms with Gasteiger partial charge < -0.3 is 23.6 Å². The van der Waals surface area contributed by atoms with Crippen LogP contribution in [0.5, 0.6) is 5.75 Å². The van der Waals surface area contributed by atoms with Gasteiger partial charge in [-0.15, -0.1) is 0 Å². The molecule has 0 spiro atoms. The monoisotopic (exact) mass is 542 g/mol. The molecule has 0 fully saturated rings. The normalized spacial score (nSPS) is 12.0. The van der Waals surface area contributed by atoms with E-state index >= 15 is 0 Å². The third kappa shape index (κ3) is 13.4. The summed E-state index contributed by atoms with van der Waals surface area (Å²) in [6.45, 7) is 2.67. The molecule has 0 aromatic heterocycles. The second-order valence-corrected chi connectivity index (χ2v) is 10.1. The zero-order valence-electron chi connectivity index (χ0n) is 18.4. The van der Waals surface area contributed by atoms with Gasteiger partial charge in [-0.3, -0.25) is 0 Å². The molecule has 154 valence electrons. The molecule has 12 heteroatoms. The molecule has 0 N–H and O–H groups in total. The topological polar surface area (TPSA) is 130 Å². The zero-order valence-corrected chi connectivity index (χ0v) is 29.5. The van der Waals surface area contributed by atoms with Crippen LogP contribution >= 0.6 is 7.60 Å². The van der Waals surface area contributed by atoms with Gasteiger partial charge in [0.25, 0.3) is 0 Å². The summed E-state index contributed by atoms with van der Waals surface area (Å²) < 4.78 is 49.6. The van der Waals surface area contributed by atoms with Crippen molar-refractivity contribution in [1.82, 2.24) is 0 Å². The fourth-order valence-electron chi connectivity index (χ4n) is 2.79. The van der Waals surface area contributed by atoms with Crippen molar-refractivity contribution in [1.29, 1.82) is 0 Å². The standard InChI is InChI=1S/C19H25O7PS.3K/c1-2-13-26-18-7-4-6-17(14-18)16-11-9-15(10-12-16)5-3-8-19(27(20,21)22)28(23,24)25;;;/h4,6-7,9-12,14,19H,2-3,5,8,13H2,1H3,(H2,20,21,22)(H,23,24,25);;;/q;3*+1/p-3. The van der Waals surface area contributed by atoms with Crippen LogP contribution in [0.25, 0.3) is 11.1 Å². The number of hydrogen-bond acceptors (Lipinski definition) is 7. The fraction of sp³-hybridized carbons (Fsp3) is 0.368. The molecule has 1 atom stereocenters. The van der Waals surface area contributed by atoms with Crippen LogP contribution in [0, 0.1) is 0 Å². The van der Waals surface area contributed by atoms with Crippen LogP contribution in [0.2, 0.25) is 0 Å². The minimum absolute atomic E-state index is 0. The Labute approximate surface area is 312 Å². The largest absolute Gasteiger partial charge is 1.00 e. The van der Waals surface area contributed by atoms with Crippen molar-refractivity contribution in [3.8, 4) is 16.9 Å². The first-order valence-electron chi connectivity index (χ1n) is 8.90. The molecule has 0 amide bonds. The van der Waals surface area contributed by atoms with Gasteiger partial charge in [0.1, 0.15) is 15.9 Å². The van der Waals surface area contributed by atoms with Crippen LogP contribution in [0.1, 0.15) is 31.7 Å². The maximum absolute atomic E-state index is 11.0. The Morgan fingerprint density at radius 2 is 1.61 bits per heavy atom. The van der Waals surface area contributed by atoms with Crippen molar-refractivity contribution < 1.29 is 186 Å². The number of hydrogen-bond donors (Lipinski definition) is 0. The number of aryl methyl sites for hydroxylation is 1. The molecule has 0 aliphatic heterocycles. The molecule has 1 unspecified atom stereocenters. The minimum atomic E-state index is -5.49. The van der Waals surface area contributed by atoms with Gasteiger partial charge in [0.15, 0.2) is 0 Å². The molecule has 0 radical (unpaired) electrons. The Kier molecular flexibility index (Phi) is 20.7. The molecule has 0 heterocycles. The predicted octanol–water partition coefficient (Wildman–Crippen LogP) is -6.74. The summed E-state index contributed by atoms with van der Waals surface area (Å²) >= 11 is 0. The van der Waals surface area contributed by atoms with Crippen molar-refractivity contribution >= 4 is 17.7 Å². The van der Waals surface area contributed by atoms with E-state index in [9.17, 15) is 27.3 Å². The van der Waals surface area contributed by atoms with E-state index in [1.165, 1.54) is 0 Å². The van der Waals surface area contributed by atoms with Crippen molar-refractivity contribution in [2.45, 2.75) is 37.6 Å². The predicted molar refractivity (Wildman–Crippen MR) is 102 cm³/mol. The molecular formula is C19H22K3O7PS. The molecule has 0 bridgehead atoms. The van der Waals surface area contributed by atoms with Crippen LogP contribution in [0.15, 0.2) is 48.5 Å². The van der Waals surface area contributed by atoms with E-state index in [0.29, 0.717) is 13.0 Å². The molecule has 31 heavy (non-hydrogen) atoms. The summed E-state index contributed by atoms with van der Waals surface area (Å²) in [6, 6.07) is 15.1. The molecule has 2 rings (SSSR count). The molecule has 2 aromatic carbocycles. The molecule has 0 saturated carbocycles. The van der Waals surface area contributed by atoms with Crippen LogP contribution in [0.4, 0.5) is 0 Å². The van der Waals surface area contributed by atoms with Crippen molar-refractivity contribution in [3.63, 3.8) is 0 Å². The Morgan fingerprint density at radius 1 is 1.00 bits per heavy atom. The van der Waals surface area contributed by atoms with Gasteiger partial charge in [-0.05, 0) is 54.5 Å². The van der Waals surface area contributed by atoms with E-state index in [-0.39, 0.29) is 161 Å². The Hall–Kier alpha value is 3.21. The second-order valence-electron chi connectivity index (χ2n) is 6.45. The van der Waals surface area contributed by atoms with Crippen LogP contribution < -0.4 is 169 Å². The molecule has 0 aliphatic rings. The Morgan fingerprint density at radius 3 is 2.13 bits per heavy atom. The summed E-state index contributed by atoms with van der Waals surface area (Å²) in [6.07, 6.45) is 0.864. The first kappa shape index (κ1) is 36.4. The van der Waals surface area contributed by atoms with E-state index in [1.54, 1.807) is 0 Å². The number of rotatable bonds is 10. The quantitative estimate of drug-likeness (QED) is 0.166. The number of benzene rings is 2. The smallest absolute Gasteiger partial charge is 0.810 e. The average Bonchev–Trinajstić information content (AvgIpc) is 2.62. The first-order chi connectivity index (χ1) is 13.1. The van der Waals surface area contributed by atoms with Gasteiger partial charge in [-0.25, -0.2) is 8.42 Å². The average molecular weight is 543 g/mol. The van der Waals surface area contributed by atoms with Gasteiger partial charge in [0.05, 0.1) is 11.6 Å². The van der Waals surface area contributed by atoms with Crippen molar-refractivity contribution in [3.05, 3.63) is 54.1 Å². The fourth-order valence-corrected chi connectivity index (χ4v) is 5.01. The van der Waals surface area contributed by atoms with Gasteiger partial charge in [0, 0.05) is 0 Å². The number of ether oxygens (including phenoxy) is 1. The van der Waals surface area contributed by atoms with Crippen LogP contribution in [0.3, 0.4) is 0 Å². The summed E-state index contributed by atoms with van der Waals surface area (Å²) in [7, 11) is -10.7. The SMILES string of the molecule is CCCOc1cccc(-c2ccc(CCCC(P(=O)([O-])[O-])S(=O)(=O)[O-])cc2)c1.[K+].[K+].[K+]. The first-order valence-corrected chi connectivity index (χ1v) is 12.0. The van der Waals surface area contributed by atoms with E-state index in [0.717, 1.165) is 28.9 Å². The van der Waals surface area contributed by atoms with Crippen LogP contribution in [-0.4, -0.2) is 24.6 Å². The van der Waals surface area contributed by atoms with E-state index in [4.69, 9.17) is 4.74 Å². The molecule has 2 aromatic rings. The Bertz CT molecular complexity index is 934. The zero-order chi connectivity index (χ0) is 20.8. The molecule has 0 aliphatic carbocycles. The molecule has 0 saturated heterocycles. The van der Waals surface area contributed by atoms with E-state index < -0.39 is 29.1 Å². The second kappa shape index (κ2) is 17.6. The van der Waals surface area contributed by atoms with E-state index in [2.05, 4.69) is 0 Å². The summed E-state index contributed by atoms with van der Waals surface area (Å²) in [5, 5.41) is 0. The third-order valence-corrected chi connectivity index (χ3v) is 7.61. The van der Waals surface area contributed by atoms with Crippen LogP contribution in [-0.2, 0) is 21.1 Å². The van der Waals surface area contributed by atoms with Gasteiger partial charge in [0.2, 0.25) is 0 Å². The molecular weight excluding hydrogens is 521 g/mol. The summed E-state index contributed by atoms with van der Waals surface area (Å²) in [5.41, 5.74) is 2.79. The Balaban J connectivity index is 0. The summed E-state index contributed by atoms with van der Waals surface area (Å²) in [4.78, 5) is 19.6. The van der Waals surface area contributed by atoms with E-state index in [1.807, 2.05) is 55.5 Å². The molecule has 7 nitrogen and oxygen atoms in total.